The zero-order valence-corrected chi connectivity index (χ0v) is 12.4. The Bertz CT molecular complexity index is 234. The van der Waals surface area contributed by atoms with Gasteiger partial charge in [0, 0.05) is 23.9 Å². The van der Waals surface area contributed by atoms with Crippen molar-refractivity contribution >= 4 is 11.8 Å². The molecule has 1 saturated heterocycles. The standard InChI is InChI=1S/C14H28N2S/c1-11-10-16(9-8-12(11)15-2)13-6-4-5-7-14(13)17-3/h11-15H,4-10H2,1-3H3. The molecule has 100 valence electrons. The van der Waals surface area contributed by atoms with Gasteiger partial charge in [-0.1, -0.05) is 19.8 Å². The lowest BCUT2D eigenvalue weighted by molar-refractivity contribution is 0.0893. The van der Waals surface area contributed by atoms with Crippen LogP contribution in [-0.2, 0) is 0 Å². The van der Waals surface area contributed by atoms with E-state index in [-0.39, 0.29) is 0 Å². The van der Waals surface area contributed by atoms with E-state index in [0.29, 0.717) is 0 Å². The lowest BCUT2D eigenvalue weighted by Gasteiger charge is -2.45. The van der Waals surface area contributed by atoms with Crippen LogP contribution in [0.2, 0.25) is 0 Å². The number of nitrogens with zero attached hydrogens (tertiary/aromatic N) is 1. The molecule has 0 aromatic rings. The summed E-state index contributed by atoms with van der Waals surface area (Å²) >= 11 is 2.10. The summed E-state index contributed by atoms with van der Waals surface area (Å²) in [4.78, 5) is 2.79. The maximum Gasteiger partial charge on any atom is 0.0214 e. The number of piperidine rings is 1. The summed E-state index contributed by atoms with van der Waals surface area (Å²) < 4.78 is 0. The molecule has 0 spiro atoms. The zero-order chi connectivity index (χ0) is 12.3. The van der Waals surface area contributed by atoms with Crippen LogP contribution >= 0.6 is 11.8 Å². The third kappa shape index (κ3) is 3.18. The van der Waals surface area contributed by atoms with Crippen LogP contribution in [-0.4, -0.2) is 48.6 Å². The first kappa shape index (κ1) is 13.7. The van der Waals surface area contributed by atoms with Gasteiger partial charge in [0.05, 0.1) is 0 Å². The van der Waals surface area contributed by atoms with Crippen molar-refractivity contribution in [3.8, 4) is 0 Å². The number of thioether (sulfide) groups is 1. The van der Waals surface area contributed by atoms with E-state index in [0.717, 1.165) is 23.3 Å². The van der Waals surface area contributed by atoms with E-state index < -0.39 is 0 Å². The summed E-state index contributed by atoms with van der Waals surface area (Å²) in [5.41, 5.74) is 0. The highest BCUT2D eigenvalue weighted by Crippen LogP contribution is 2.33. The van der Waals surface area contributed by atoms with Crippen LogP contribution in [0.5, 0.6) is 0 Å². The highest BCUT2D eigenvalue weighted by atomic mass is 32.2. The van der Waals surface area contributed by atoms with E-state index in [2.05, 4.69) is 42.2 Å². The second kappa shape index (κ2) is 6.44. The predicted molar refractivity (Wildman–Crippen MR) is 77.8 cm³/mol. The largest absolute Gasteiger partial charge is 0.317 e. The molecule has 17 heavy (non-hydrogen) atoms. The first-order chi connectivity index (χ1) is 8.26. The quantitative estimate of drug-likeness (QED) is 0.835. The van der Waals surface area contributed by atoms with Gasteiger partial charge in [-0.05, 0) is 45.0 Å². The number of likely N-dealkylation sites (tertiary alicyclic amines) is 1. The Hall–Kier alpha value is 0.270. The van der Waals surface area contributed by atoms with Crippen LogP contribution < -0.4 is 5.32 Å². The Kier molecular flexibility index (Phi) is 5.19. The van der Waals surface area contributed by atoms with Gasteiger partial charge in [0.25, 0.3) is 0 Å². The number of hydrogen-bond donors (Lipinski definition) is 1. The second-order valence-electron chi connectivity index (χ2n) is 5.78. The maximum absolute atomic E-state index is 3.47. The molecule has 4 unspecified atom stereocenters. The molecule has 1 saturated carbocycles. The van der Waals surface area contributed by atoms with Gasteiger partial charge in [0.1, 0.15) is 0 Å². The Labute approximate surface area is 111 Å². The fourth-order valence-corrected chi connectivity index (χ4v) is 4.70. The summed E-state index contributed by atoms with van der Waals surface area (Å²) in [6, 6.07) is 1.60. The number of nitrogens with one attached hydrogen (secondary N) is 1. The molecule has 0 bridgehead atoms. The van der Waals surface area contributed by atoms with E-state index in [4.69, 9.17) is 0 Å². The molecule has 2 aliphatic rings. The molecule has 4 atom stereocenters. The molecule has 2 nitrogen and oxygen atoms in total. The van der Waals surface area contributed by atoms with Crippen LogP contribution in [0.1, 0.15) is 39.0 Å². The second-order valence-corrected chi connectivity index (χ2v) is 6.86. The van der Waals surface area contributed by atoms with Gasteiger partial charge >= 0.3 is 0 Å². The van der Waals surface area contributed by atoms with Crippen molar-refractivity contribution in [2.24, 2.45) is 5.92 Å². The molecule has 1 aliphatic heterocycles. The van der Waals surface area contributed by atoms with Crippen molar-refractivity contribution < 1.29 is 0 Å². The van der Waals surface area contributed by atoms with Gasteiger partial charge in [-0.25, -0.2) is 0 Å². The van der Waals surface area contributed by atoms with Crippen LogP contribution in [0, 0.1) is 5.92 Å². The van der Waals surface area contributed by atoms with Crippen LogP contribution in [0.15, 0.2) is 0 Å². The van der Waals surface area contributed by atoms with Crippen LogP contribution in [0.25, 0.3) is 0 Å². The molecular formula is C14H28N2S. The molecule has 1 aliphatic carbocycles. The van der Waals surface area contributed by atoms with Crippen molar-refractivity contribution in [1.29, 1.82) is 0 Å². The average molecular weight is 256 g/mol. The van der Waals surface area contributed by atoms with Gasteiger partial charge in [-0.3, -0.25) is 4.90 Å². The number of hydrogen-bond acceptors (Lipinski definition) is 3. The van der Waals surface area contributed by atoms with E-state index in [9.17, 15) is 0 Å². The monoisotopic (exact) mass is 256 g/mol. The van der Waals surface area contributed by atoms with Gasteiger partial charge < -0.3 is 5.32 Å². The highest BCUT2D eigenvalue weighted by Gasteiger charge is 2.34. The molecular weight excluding hydrogens is 228 g/mol. The Balaban J connectivity index is 1.93. The van der Waals surface area contributed by atoms with E-state index in [1.54, 1.807) is 0 Å². The lowest BCUT2D eigenvalue weighted by atomic mass is 9.88. The predicted octanol–water partition coefficient (Wildman–Crippen LogP) is 2.59. The molecule has 1 heterocycles. The van der Waals surface area contributed by atoms with E-state index in [1.165, 1.54) is 45.2 Å². The number of rotatable bonds is 3. The van der Waals surface area contributed by atoms with Crippen molar-refractivity contribution in [3.63, 3.8) is 0 Å². The van der Waals surface area contributed by atoms with Crippen LogP contribution in [0.3, 0.4) is 0 Å². The summed E-state index contributed by atoms with van der Waals surface area (Å²) in [7, 11) is 2.11. The van der Waals surface area contributed by atoms with Crippen molar-refractivity contribution in [3.05, 3.63) is 0 Å². The van der Waals surface area contributed by atoms with E-state index in [1.807, 2.05) is 0 Å². The zero-order valence-electron chi connectivity index (χ0n) is 11.6. The van der Waals surface area contributed by atoms with Gasteiger partial charge in [-0.15, -0.1) is 0 Å². The van der Waals surface area contributed by atoms with Gasteiger partial charge in [0.2, 0.25) is 0 Å². The molecule has 0 aromatic heterocycles. The SMILES string of the molecule is CNC1CCN(C2CCCCC2SC)CC1C. The fourth-order valence-electron chi connectivity index (χ4n) is 3.68. The summed E-state index contributed by atoms with van der Waals surface area (Å²) in [6.45, 7) is 5.01. The average Bonchev–Trinajstić information content (AvgIpc) is 2.38. The minimum Gasteiger partial charge on any atom is -0.317 e. The minimum absolute atomic E-state index is 0.738. The lowest BCUT2D eigenvalue weighted by Crippen LogP contribution is -2.53. The minimum atomic E-state index is 0.738. The molecule has 0 radical (unpaired) electrons. The Morgan fingerprint density at radius 2 is 1.94 bits per heavy atom. The third-order valence-electron chi connectivity index (χ3n) is 4.75. The highest BCUT2D eigenvalue weighted by molar-refractivity contribution is 7.99. The first-order valence-electron chi connectivity index (χ1n) is 7.20. The first-order valence-corrected chi connectivity index (χ1v) is 8.49. The molecule has 0 aromatic carbocycles. The molecule has 0 amide bonds. The maximum atomic E-state index is 3.47. The van der Waals surface area contributed by atoms with Gasteiger partial charge in [0.15, 0.2) is 0 Å². The summed E-state index contributed by atoms with van der Waals surface area (Å²) in [5, 5.41) is 4.36. The van der Waals surface area contributed by atoms with Crippen LogP contribution in [0.4, 0.5) is 0 Å². The molecule has 2 rings (SSSR count). The normalized spacial score (nSPS) is 40.4. The van der Waals surface area contributed by atoms with Crippen molar-refractivity contribution in [2.45, 2.75) is 56.4 Å². The third-order valence-corrected chi connectivity index (χ3v) is 5.90. The van der Waals surface area contributed by atoms with E-state index >= 15 is 0 Å². The Morgan fingerprint density at radius 3 is 2.59 bits per heavy atom. The van der Waals surface area contributed by atoms with Crippen molar-refractivity contribution in [2.75, 3.05) is 26.4 Å². The molecule has 1 N–H and O–H groups in total. The smallest absolute Gasteiger partial charge is 0.0214 e. The summed E-state index contributed by atoms with van der Waals surface area (Å²) in [5.74, 6) is 0.804. The Morgan fingerprint density at radius 1 is 1.18 bits per heavy atom. The fraction of sp³-hybridized carbons (Fsp3) is 1.00. The van der Waals surface area contributed by atoms with Crippen molar-refractivity contribution in [1.82, 2.24) is 10.2 Å². The van der Waals surface area contributed by atoms with Gasteiger partial charge in [-0.2, -0.15) is 11.8 Å². The molecule has 2 fully saturated rings. The molecule has 3 heteroatoms. The summed E-state index contributed by atoms with van der Waals surface area (Å²) in [6.07, 6.45) is 9.39. The topological polar surface area (TPSA) is 15.3 Å².